The van der Waals surface area contributed by atoms with Gasteiger partial charge in [0.05, 0.1) is 28.6 Å². The number of nitrogens with one attached hydrogen (secondary N) is 1. The lowest BCUT2D eigenvalue weighted by Crippen LogP contribution is -2.38. The highest BCUT2D eigenvalue weighted by molar-refractivity contribution is 7.19. The number of hydrogen-bond donors (Lipinski definition) is 1. The lowest BCUT2D eigenvalue weighted by molar-refractivity contribution is -0.143. The van der Waals surface area contributed by atoms with Crippen LogP contribution in [0.3, 0.4) is 0 Å². The molecule has 1 aliphatic carbocycles. The second-order valence-electron chi connectivity index (χ2n) is 10.9. The van der Waals surface area contributed by atoms with E-state index in [0.717, 1.165) is 31.8 Å². The summed E-state index contributed by atoms with van der Waals surface area (Å²) in [6, 6.07) is 7.47. The van der Waals surface area contributed by atoms with Gasteiger partial charge in [0.1, 0.15) is 11.9 Å². The summed E-state index contributed by atoms with van der Waals surface area (Å²) in [6.45, 7) is 8.30. The molecule has 3 aliphatic rings. The standard InChI is InChI=1S/C27H27ClFN3O3S/c1-13-7-14(28)8-17(22(13)35-19-10-30-12-27(19,4)29)16-5-6-31-18-9-15(36-23(16)18)11-32-24(33)20-21(25(32)34)26(20,2)3/h5-9,19-21,30H,10-12H2,1-4H3. The summed E-state index contributed by atoms with van der Waals surface area (Å²) in [5.74, 6) is 0.0241. The number of carbonyl (C=O) groups is 2. The maximum Gasteiger partial charge on any atom is 0.234 e. The molecule has 3 aromatic rings. The number of ether oxygens (including phenoxy) is 1. The lowest BCUT2D eigenvalue weighted by atomic mass is 10.0. The molecule has 4 unspecified atom stereocenters. The maximum absolute atomic E-state index is 15.0. The lowest BCUT2D eigenvalue weighted by Gasteiger charge is -2.25. The third kappa shape index (κ3) is 3.56. The summed E-state index contributed by atoms with van der Waals surface area (Å²) < 4.78 is 22.2. The summed E-state index contributed by atoms with van der Waals surface area (Å²) in [5.41, 5.74) is 1.49. The van der Waals surface area contributed by atoms with Gasteiger partial charge in [0.15, 0.2) is 5.67 Å². The molecule has 6 nitrogen and oxygen atoms in total. The molecule has 6 rings (SSSR count). The fraction of sp³-hybridized carbons (Fsp3) is 0.444. The van der Waals surface area contributed by atoms with Gasteiger partial charge in [0.25, 0.3) is 0 Å². The molecule has 4 heterocycles. The number of thiophene rings is 1. The van der Waals surface area contributed by atoms with Crippen LogP contribution in [-0.4, -0.2) is 46.6 Å². The molecule has 36 heavy (non-hydrogen) atoms. The van der Waals surface area contributed by atoms with Crippen molar-refractivity contribution in [2.24, 2.45) is 17.3 Å². The Balaban J connectivity index is 1.37. The number of halogens is 2. The number of imide groups is 1. The summed E-state index contributed by atoms with van der Waals surface area (Å²) in [4.78, 5) is 32.5. The molecule has 1 aromatic carbocycles. The molecule has 3 fully saturated rings. The molecule has 2 aromatic heterocycles. The number of aromatic nitrogens is 1. The van der Waals surface area contributed by atoms with Crippen LogP contribution in [0.15, 0.2) is 30.5 Å². The number of carbonyl (C=O) groups excluding carboxylic acids is 2. The minimum absolute atomic E-state index is 0.0822. The molecule has 188 valence electrons. The van der Waals surface area contributed by atoms with Gasteiger partial charge in [-0.3, -0.25) is 19.5 Å². The molecule has 0 bridgehead atoms. The first-order valence-corrected chi connectivity index (χ1v) is 13.3. The van der Waals surface area contributed by atoms with Gasteiger partial charge in [-0.25, -0.2) is 4.39 Å². The topological polar surface area (TPSA) is 71.5 Å². The van der Waals surface area contributed by atoms with Gasteiger partial charge < -0.3 is 10.1 Å². The van der Waals surface area contributed by atoms with Crippen LogP contribution < -0.4 is 10.1 Å². The Bertz CT molecular complexity index is 1410. The second kappa shape index (κ2) is 7.97. The first-order chi connectivity index (χ1) is 17.0. The van der Waals surface area contributed by atoms with E-state index in [1.165, 1.54) is 16.2 Å². The van der Waals surface area contributed by atoms with Crippen molar-refractivity contribution in [2.45, 2.75) is 46.0 Å². The Labute approximate surface area is 217 Å². The van der Waals surface area contributed by atoms with Crippen molar-refractivity contribution < 1.29 is 18.7 Å². The Morgan fingerprint density at radius 3 is 2.58 bits per heavy atom. The molecule has 9 heteroatoms. The molecular weight excluding hydrogens is 501 g/mol. The number of nitrogens with zero attached hydrogens (tertiary/aromatic N) is 2. The first kappa shape index (κ1) is 23.8. The fourth-order valence-electron chi connectivity index (χ4n) is 5.76. The molecular formula is C27H27ClFN3O3S. The quantitative estimate of drug-likeness (QED) is 0.465. The predicted octanol–water partition coefficient (Wildman–Crippen LogP) is 5.14. The van der Waals surface area contributed by atoms with Crippen molar-refractivity contribution in [1.29, 1.82) is 0 Å². The van der Waals surface area contributed by atoms with Gasteiger partial charge in [-0.2, -0.15) is 0 Å². The zero-order valence-corrected chi connectivity index (χ0v) is 22.1. The van der Waals surface area contributed by atoms with Crippen molar-refractivity contribution in [1.82, 2.24) is 15.2 Å². The number of likely N-dealkylation sites (tertiary alicyclic amines) is 1. The van der Waals surface area contributed by atoms with Gasteiger partial charge in [-0.05, 0) is 49.1 Å². The van der Waals surface area contributed by atoms with Crippen molar-refractivity contribution in [3.8, 4) is 16.9 Å². The summed E-state index contributed by atoms with van der Waals surface area (Å²) in [7, 11) is 0. The monoisotopic (exact) mass is 527 g/mol. The Kier molecular flexibility index (Phi) is 5.28. The number of alkyl halides is 1. The molecule has 4 atom stereocenters. The van der Waals surface area contributed by atoms with E-state index in [9.17, 15) is 9.59 Å². The van der Waals surface area contributed by atoms with Crippen LogP contribution in [0.25, 0.3) is 21.3 Å². The average molecular weight is 528 g/mol. The smallest absolute Gasteiger partial charge is 0.234 e. The van der Waals surface area contributed by atoms with E-state index in [2.05, 4.69) is 10.3 Å². The third-order valence-electron chi connectivity index (χ3n) is 7.93. The Hall–Kier alpha value is -2.55. The number of fused-ring (bicyclic) bond motifs is 2. The number of amides is 2. The fourth-order valence-corrected chi connectivity index (χ4v) is 7.16. The van der Waals surface area contributed by atoms with Gasteiger partial charge in [0.2, 0.25) is 11.8 Å². The van der Waals surface area contributed by atoms with E-state index < -0.39 is 11.8 Å². The van der Waals surface area contributed by atoms with Crippen molar-refractivity contribution in [3.63, 3.8) is 0 Å². The number of hydrogen-bond acceptors (Lipinski definition) is 6. The molecule has 2 aliphatic heterocycles. The minimum Gasteiger partial charge on any atom is -0.485 e. The molecule has 1 saturated carbocycles. The van der Waals surface area contributed by atoms with Crippen LogP contribution in [-0.2, 0) is 16.1 Å². The highest BCUT2D eigenvalue weighted by Crippen LogP contribution is 2.63. The number of benzene rings is 1. The number of aryl methyl sites for hydroxylation is 1. The summed E-state index contributed by atoms with van der Waals surface area (Å²) in [5, 5.41) is 3.62. The molecule has 2 saturated heterocycles. The molecule has 0 spiro atoms. The summed E-state index contributed by atoms with van der Waals surface area (Å²) >= 11 is 7.95. The van der Waals surface area contributed by atoms with Crippen molar-refractivity contribution >= 4 is 45.0 Å². The Morgan fingerprint density at radius 1 is 1.19 bits per heavy atom. The van der Waals surface area contributed by atoms with E-state index in [4.69, 9.17) is 16.3 Å². The predicted molar refractivity (Wildman–Crippen MR) is 138 cm³/mol. The first-order valence-electron chi connectivity index (χ1n) is 12.1. The largest absolute Gasteiger partial charge is 0.485 e. The van der Waals surface area contributed by atoms with Crippen LogP contribution in [0, 0.1) is 24.2 Å². The van der Waals surface area contributed by atoms with Crippen molar-refractivity contribution in [2.75, 3.05) is 13.1 Å². The minimum atomic E-state index is -1.49. The van der Waals surface area contributed by atoms with E-state index in [1.54, 1.807) is 13.1 Å². The zero-order chi connectivity index (χ0) is 25.6. The molecule has 1 N–H and O–H groups in total. The third-order valence-corrected chi connectivity index (χ3v) is 9.29. The molecule has 2 amide bonds. The molecule has 0 radical (unpaired) electrons. The number of piperidine rings is 1. The normalized spacial score (nSPS) is 28.7. The average Bonchev–Trinajstić information content (AvgIpc) is 3.11. The van der Waals surface area contributed by atoms with Crippen LogP contribution >= 0.6 is 22.9 Å². The van der Waals surface area contributed by atoms with E-state index in [1.807, 2.05) is 45.0 Å². The highest BCUT2D eigenvalue weighted by atomic mass is 35.5. The van der Waals surface area contributed by atoms with Gasteiger partial charge >= 0.3 is 0 Å². The second-order valence-corrected chi connectivity index (χ2v) is 12.5. The summed E-state index contributed by atoms with van der Waals surface area (Å²) in [6.07, 6.45) is 1.09. The van der Waals surface area contributed by atoms with Crippen LogP contribution in [0.1, 0.15) is 31.2 Å². The van der Waals surface area contributed by atoms with Crippen LogP contribution in [0.5, 0.6) is 5.75 Å². The SMILES string of the molecule is Cc1cc(Cl)cc(-c2ccnc3cc(CN4C(=O)C5C(C4=O)C5(C)C)sc23)c1OC1CNCC1(C)F. The van der Waals surface area contributed by atoms with Gasteiger partial charge in [-0.1, -0.05) is 25.4 Å². The van der Waals surface area contributed by atoms with Crippen LogP contribution in [0.4, 0.5) is 4.39 Å². The van der Waals surface area contributed by atoms with E-state index >= 15 is 4.39 Å². The number of pyridine rings is 1. The highest BCUT2D eigenvalue weighted by Gasteiger charge is 2.72. The van der Waals surface area contributed by atoms with Crippen molar-refractivity contribution in [3.05, 3.63) is 45.9 Å². The van der Waals surface area contributed by atoms with E-state index in [-0.39, 0.29) is 42.2 Å². The van der Waals surface area contributed by atoms with Gasteiger partial charge in [0, 0.05) is 40.3 Å². The van der Waals surface area contributed by atoms with E-state index in [0.29, 0.717) is 17.3 Å². The zero-order valence-electron chi connectivity index (χ0n) is 20.5. The van der Waals surface area contributed by atoms with Crippen LogP contribution in [0.2, 0.25) is 5.02 Å². The maximum atomic E-state index is 15.0. The van der Waals surface area contributed by atoms with Gasteiger partial charge in [-0.15, -0.1) is 11.3 Å². The number of rotatable bonds is 5. The Morgan fingerprint density at radius 2 is 1.92 bits per heavy atom.